The number of carboxylic acid groups (broad SMARTS) is 1. The number of aromatic nitrogens is 1. The highest BCUT2D eigenvalue weighted by Gasteiger charge is 2.29. The zero-order valence-corrected chi connectivity index (χ0v) is 13.0. The first kappa shape index (κ1) is 16.9. The molecule has 0 aliphatic carbocycles. The Bertz CT molecular complexity index is 599. The van der Waals surface area contributed by atoms with E-state index in [1.807, 2.05) is 0 Å². The molecule has 0 bridgehead atoms. The summed E-state index contributed by atoms with van der Waals surface area (Å²) in [4.78, 5) is 37.3. The molecule has 2 amide bonds. The fraction of sp³-hybridized carbons (Fsp3) is 0.571. The lowest BCUT2D eigenvalue weighted by molar-refractivity contribution is -0.145. The third-order valence-electron chi connectivity index (χ3n) is 3.46. The molecular formula is C14H19N3O6. The third kappa shape index (κ3) is 4.52. The summed E-state index contributed by atoms with van der Waals surface area (Å²) in [6.45, 7) is 3.69. The highest BCUT2D eigenvalue weighted by molar-refractivity contribution is 5.91. The molecule has 1 saturated heterocycles. The lowest BCUT2D eigenvalue weighted by atomic mass is 10.2. The first-order chi connectivity index (χ1) is 10.9. The van der Waals surface area contributed by atoms with E-state index in [-0.39, 0.29) is 30.7 Å². The zero-order valence-electron chi connectivity index (χ0n) is 13.0. The number of carboxylic acids is 1. The molecular weight excluding hydrogens is 306 g/mol. The van der Waals surface area contributed by atoms with Gasteiger partial charge in [-0.15, -0.1) is 0 Å². The van der Waals surface area contributed by atoms with Crippen LogP contribution in [0, 0.1) is 6.92 Å². The number of carbonyl (C=O) groups is 3. The number of amides is 2. The van der Waals surface area contributed by atoms with Crippen LogP contribution in [0.4, 0.5) is 0 Å². The Balaban J connectivity index is 1.98. The van der Waals surface area contributed by atoms with Gasteiger partial charge in [0.1, 0.15) is 6.54 Å². The summed E-state index contributed by atoms with van der Waals surface area (Å²) in [5.41, 5.74) is 0.613. The van der Waals surface area contributed by atoms with Crippen LogP contribution in [0.2, 0.25) is 0 Å². The van der Waals surface area contributed by atoms with E-state index in [1.165, 1.54) is 11.8 Å². The standard InChI is InChI=1S/C14H19N3O6/c1-9-5-12(23-15-9)14(21)16-3-4-22-11(6-16)7-17(10(2)18)8-13(19)20/h5,11H,3-4,6-8H2,1-2H3,(H,19,20). The van der Waals surface area contributed by atoms with E-state index < -0.39 is 18.6 Å². The number of hydrogen-bond donors (Lipinski definition) is 1. The molecule has 1 N–H and O–H groups in total. The van der Waals surface area contributed by atoms with Gasteiger partial charge in [0, 0.05) is 32.6 Å². The van der Waals surface area contributed by atoms with Crippen molar-refractivity contribution in [2.45, 2.75) is 20.0 Å². The summed E-state index contributed by atoms with van der Waals surface area (Å²) in [6.07, 6.45) is -0.444. The van der Waals surface area contributed by atoms with E-state index in [1.54, 1.807) is 17.9 Å². The van der Waals surface area contributed by atoms with Gasteiger partial charge in [-0.25, -0.2) is 0 Å². The summed E-state index contributed by atoms with van der Waals surface area (Å²) in [5.74, 6) is -1.60. The topological polar surface area (TPSA) is 113 Å². The summed E-state index contributed by atoms with van der Waals surface area (Å²) >= 11 is 0. The third-order valence-corrected chi connectivity index (χ3v) is 3.46. The number of ether oxygens (including phenoxy) is 1. The summed E-state index contributed by atoms with van der Waals surface area (Å²) in [7, 11) is 0. The average Bonchev–Trinajstić information content (AvgIpc) is 2.92. The van der Waals surface area contributed by atoms with Gasteiger partial charge in [0.05, 0.1) is 18.4 Å². The normalized spacial score (nSPS) is 17.8. The number of aliphatic carboxylic acids is 1. The molecule has 2 heterocycles. The van der Waals surface area contributed by atoms with Gasteiger partial charge in [-0.3, -0.25) is 14.4 Å². The van der Waals surface area contributed by atoms with Gasteiger partial charge in [-0.2, -0.15) is 0 Å². The molecule has 1 aromatic rings. The van der Waals surface area contributed by atoms with Crippen molar-refractivity contribution in [3.05, 3.63) is 17.5 Å². The minimum absolute atomic E-state index is 0.112. The van der Waals surface area contributed by atoms with Crippen molar-refractivity contribution in [1.29, 1.82) is 0 Å². The van der Waals surface area contributed by atoms with Crippen molar-refractivity contribution in [2.75, 3.05) is 32.8 Å². The number of hydrogen-bond acceptors (Lipinski definition) is 6. The number of aryl methyl sites for hydroxylation is 1. The molecule has 0 saturated carbocycles. The Kier molecular flexibility index (Phi) is 5.32. The van der Waals surface area contributed by atoms with Crippen molar-refractivity contribution in [1.82, 2.24) is 15.0 Å². The van der Waals surface area contributed by atoms with Crippen LogP contribution in [0.5, 0.6) is 0 Å². The largest absolute Gasteiger partial charge is 0.480 e. The van der Waals surface area contributed by atoms with E-state index in [0.717, 1.165) is 0 Å². The van der Waals surface area contributed by atoms with Crippen molar-refractivity contribution in [3.8, 4) is 0 Å². The van der Waals surface area contributed by atoms with Crippen molar-refractivity contribution in [2.24, 2.45) is 0 Å². The van der Waals surface area contributed by atoms with Crippen LogP contribution in [0.25, 0.3) is 0 Å². The van der Waals surface area contributed by atoms with Gasteiger partial charge in [0.2, 0.25) is 11.7 Å². The minimum atomic E-state index is -1.10. The SMILES string of the molecule is CC(=O)N(CC(=O)O)CC1CN(C(=O)c2cc(C)no2)CCO1. The van der Waals surface area contributed by atoms with Gasteiger partial charge in [0.15, 0.2) is 0 Å². The molecule has 126 valence electrons. The lowest BCUT2D eigenvalue weighted by Gasteiger charge is -2.34. The minimum Gasteiger partial charge on any atom is -0.480 e. The summed E-state index contributed by atoms with van der Waals surface area (Å²) in [5, 5.41) is 12.5. The zero-order chi connectivity index (χ0) is 17.0. The predicted molar refractivity (Wildman–Crippen MR) is 76.8 cm³/mol. The maximum Gasteiger partial charge on any atom is 0.323 e. The maximum absolute atomic E-state index is 12.3. The molecule has 2 rings (SSSR count). The average molecular weight is 325 g/mol. The molecule has 0 radical (unpaired) electrons. The quantitative estimate of drug-likeness (QED) is 0.794. The molecule has 1 atom stereocenters. The molecule has 0 spiro atoms. The second kappa shape index (κ2) is 7.23. The van der Waals surface area contributed by atoms with Crippen LogP contribution in [0.15, 0.2) is 10.6 Å². The van der Waals surface area contributed by atoms with Crippen LogP contribution in [-0.4, -0.2) is 76.7 Å². The molecule has 23 heavy (non-hydrogen) atoms. The van der Waals surface area contributed by atoms with Crippen molar-refractivity contribution >= 4 is 17.8 Å². The Morgan fingerprint density at radius 3 is 2.78 bits per heavy atom. The van der Waals surface area contributed by atoms with Crippen LogP contribution in [-0.2, 0) is 14.3 Å². The van der Waals surface area contributed by atoms with Crippen LogP contribution >= 0.6 is 0 Å². The Hall–Kier alpha value is -2.42. The number of carbonyl (C=O) groups excluding carboxylic acids is 2. The second-order valence-corrected chi connectivity index (χ2v) is 5.37. The highest BCUT2D eigenvalue weighted by atomic mass is 16.5. The van der Waals surface area contributed by atoms with Gasteiger partial charge >= 0.3 is 5.97 Å². The van der Waals surface area contributed by atoms with Gasteiger partial charge in [-0.1, -0.05) is 5.16 Å². The van der Waals surface area contributed by atoms with Gasteiger partial charge < -0.3 is 24.2 Å². The molecule has 9 heteroatoms. The number of rotatable bonds is 5. The maximum atomic E-state index is 12.3. The molecule has 1 fully saturated rings. The number of morpholine rings is 1. The lowest BCUT2D eigenvalue weighted by Crippen LogP contribution is -2.51. The van der Waals surface area contributed by atoms with E-state index >= 15 is 0 Å². The second-order valence-electron chi connectivity index (χ2n) is 5.37. The molecule has 1 aromatic heterocycles. The Morgan fingerprint density at radius 1 is 1.48 bits per heavy atom. The molecule has 1 aliphatic heterocycles. The van der Waals surface area contributed by atoms with Gasteiger partial charge in [0.25, 0.3) is 5.91 Å². The van der Waals surface area contributed by atoms with Crippen molar-refractivity contribution < 1.29 is 28.8 Å². The fourth-order valence-corrected chi connectivity index (χ4v) is 2.35. The van der Waals surface area contributed by atoms with E-state index in [9.17, 15) is 14.4 Å². The first-order valence-electron chi connectivity index (χ1n) is 7.18. The fourth-order valence-electron chi connectivity index (χ4n) is 2.35. The molecule has 1 unspecified atom stereocenters. The van der Waals surface area contributed by atoms with Crippen LogP contribution in [0.1, 0.15) is 23.2 Å². The highest BCUT2D eigenvalue weighted by Crippen LogP contribution is 2.13. The Labute approximate surface area is 132 Å². The van der Waals surface area contributed by atoms with E-state index in [4.69, 9.17) is 14.4 Å². The van der Waals surface area contributed by atoms with Crippen LogP contribution < -0.4 is 0 Å². The molecule has 9 nitrogen and oxygen atoms in total. The summed E-state index contributed by atoms with van der Waals surface area (Å²) in [6, 6.07) is 1.55. The molecule has 0 aromatic carbocycles. The van der Waals surface area contributed by atoms with Crippen LogP contribution in [0.3, 0.4) is 0 Å². The predicted octanol–water partition coefficient (Wildman–Crippen LogP) is -0.243. The van der Waals surface area contributed by atoms with E-state index in [0.29, 0.717) is 18.8 Å². The smallest absolute Gasteiger partial charge is 0.323 e. The van der Waals surface area contributed by atoms with Crippen molar-refractivity contribution in [3.63, 3.8) is 0 Å². The molecule has 1 aliphatic rings. The first-order valence-corrected chi connectivity index (χ1v) is 7.18. The van der Waals surface area contributed by atoms with Gasteiger partial charge in [-0.05, 0) is 6.92 Å². The van der Waals surface area contributed by atoms with E-state index in [2.05, 4.69) is 5.16 Å². The summed E-state index contributed by atoms with van der Waals surface area (Å²) < 4.78 is 10.5. The monoisotopic (exact) mass is 325 g/mol. The Morgan fingerprint density at radius 2 is 2.22 bits per heavy atom. The number of nitrogens with zero attached hydrogens (tertiary/aromatic N) is 3.